The molecule has 0 aromatic heterocycles. The molecule has 10 heavy (non-hydrogen) atoms. The normalized spacial score (nSPS) is 42.9. The highest BCUT2D eigenvalue weighted by Crippen LogP contribution is 2.18. The molecule has 1 aliphatic heterocycles. The zero-order valence-corrected chi connectivity index (χ0v) is 6.11. The molecule has 0 aromatic rings. The van der Waals surface area contributed by atoms with E-state index < -0.39 is 12.5 Å². The largest absolute Gasteiger partial charge is 0.285 e. The summed E-state index contributed by atoms with van der Waals surface area (Å²) in [6.07, 6.45) is -1.52. The van der Waals surface area contributed by atoms with E-state index in [2.05, 4.69) is 5.32 Å². The predicted octanol–water partition coefficient (Wildman–Crippen LogP) is 1.64. The lowest BCUT2D eigenvalue weighted by Gasteiger charge is -2.10. The molecule has 1 rings (SSSR count). The van der Waals surface area contributed by atoms with E-state index >= 15 is 0 Å². The molecule has 0 aromatic carbocycles. The summed E-state index contributed by atoms with van der Waals surface area (Å²) in [5.41, 5.74) is 0. The number of halogens is 2. The molecule has 0 aliphatic carbocycles. The average molecular weight is 149 g/mol. The van der Waals surface area contributed by atoms with Gasteiger partial charge in [0.15, 0.2) is 6.30 Å². The monoisotopic (exact) mass is 149 g/mol. The van der Waals surface area contributed by atoms with Gasteiger partial charge in [-0.25, -0.2) is 8.78 Å². The van der Waals surface area contributed by atoms with Crippen LogP contribution in [0, 0.1) is 5.92 Å². The molecule has 1 aliphatic rings. The molecular formula is C7H13F2N. The van der Waals surface area contributed by atoms with E-state index in [0.717, 1.165) is 6.42 Å². The molecular weight excluding hydrogens is 136 g/mol. The molecule has 1 saturated heterocycles. The Morgan fingerprint density at radius 3 is 2.80 bits per heavy atom. The van der Waals surface area contributed by atoms with Crippen molar-refractivity contribution in [3.8, 4) is 0 Å². The lowest BCUT2D eigenvalue weighted by atomic mass is 10.0. The van der Waals surface area contributed by atoms with Gasteiger partial charge < -0.3 is 0 Å². The first-order valence-corrected chi connectivity index (χ1v) is 3.71. The zero-order valence-electron chi connectivity index (χ0n) is 6.11. The van der Waals surface area contributed by atoms with Crippen molar-refractivity contribution in [2.75, 3.05) is 6.54 Å². The van der Waals surface area contributed by atoms with Gasteiger partial charge in [-0.2, -0.15) is 0 Å². The van der Waals surface area contributed by atoms with Crippen LogP contribution >= 0.6 is 0 Å². The fraction of sp³-hybridized carbons (Fsp3) is 1.00. The maximum atomic E-state index is 12.7. The Hall–Kier alpha value is -0.180. The predicted molar refractivity (Wildman–Crippen MR) is 36.2 cm³/mol. The topological polar surface area (TPSA) is 12.0 Å². The summed E-state index contributed by atoms with van der Waals surface area (Å²) < 4.78 is 25.2. The Morgan fingerprint density at radius 2 is 2.10 bits per heavy atom. The highest BCUT2D eigenvalue weighted by atomic mass is 19.2. The summed E-state index contributed by atoms with van der Waals surface area (Å²) >= 11 is 0. The van der Waals surface area contributed by atoms with Gasteiger partial charge in [0.25, 0.3) is 0 Å². The van der Waals surface area contributed by atoms with Crippen molar-refractivity contribution in [1.82, 2.24) is 5.32 Å². The third-order valence-electron chi connectivity index (χ3n) is 1.92. The Bertz CT molecular complexity index is 108. The van der Waals surface area contributed by atoms with Gasteiger partial charge >= 0.3 is 0 Å². The molecule has 1 fully saturated rings. The third kappa shape index (κ3) is 1.90. The minimum Gasteiger partial charge on any atom is -0.285 e. The van der Waals surface area contributed by atoms with E-state index in [1.165, 1.54) is 0 Å². The zero-order chi connectivity index (χ0) is 7.56. The van der Waals surface area contributed by atoms with Crippen LogP contribution in [0.2, 0.25) is 0 Å². The van der Waals surface area contributed by atoms with Gasteiger partial charge in [0.2, 0.25) is 0 Å². The van der Waals surface area contributed by atoms with E-state index in [4.69, 9.17) is 0 Å². The van der Waals surface area contributed by atoms with Crippen molar-refractivity contribution in [2.45, 2.75) is 32.2 Å². The van der Waals surface area contributed by atoms with Crippen LogP contribution in [0.15, 0.2) is 0 Å². The maximum Gasteiger partial charge on any atom is 0.182 e. The van der Waals surface area contributed by atoms with Gasteiger partial charge in [-0.15, -0.1) is 0 Å². The lowest BCUT2D eigenvalue weighted by Crippen LogP contribution is -2.31. The third-order valence-corrected chi connectivity index (χ3v) is 1.92. The Labute approximate surface area is 59.8 Å². The summed E-state index contributed by atoms with van der Waals surface area (Å²) in [5, 5.41) is 2.48. The summed E-state index contributed by atoms with van der Waals surface area (Å²) in [5.74, 6) is 0.309. The van der Waals surface area contributed by atoms with Crippen LogP contribution in [0.3, 0.4) is 0 Å². The molecule has 1 heterocycles. The van der Waals surface area contributed by atoms with Crippen molar-refractivity contribution in [1.29, 1.82) is 0 Å². The van der Waals surface area contributed by atoms with Gasteiger partial charge in [0.1, 0.15) is 6.17 Å². The van der Waals surface area contributed by atoms with Crippen molar-refractivity contribution in [3.63, 3.8) is 0 Å². The smallest absolute Gasteiger partial charge is 0.182 e. The van der Waals surface area contributed by atoms with Crippen molar-refractivity contribution < 1.29 is 8.78 Å². The van der Waals surface area contributed by atoms with E-state index in [1.807, 2.05) is 6.92 Å². The van der Waals surface area contributed by atoms with Crippen LogP contribution in [0.1, 0.15) is 19.8 Å². The second kappa shape index (κ2) is 3.28. The summed E-state index contributed by atoms with van der Waals surface area (Å²) in [7, 11) is 0. The van der Waals surface area contributed by atoms with Gasteiger partial charge in [0, 0.05) is 0 Å². The Kier molecular flexibility index (Phi) is 2.60. The number of hydrogen-bond acceptors (Lipinski definition) is 1. The first kappa shape index (κ1) is 7.92. The maximum absolute atomic E-state index is 12.7. The highest BCUT2D eigenvalue weighted by Gasteiger charge is 2.25. The fourth-order valence-electron chi connectivity index (χ4n) is 1.22. The molecule has 3 unspecified atom stereocenters. The molecule has 3 heteroatoms. The SMILES string of the molecule is CC1CCNC(F)C(F)C1. The van der Waals surface area contributed by atoms with Gasteiger partial charge in [-0.3, -0.25) is 5.32 Å². The minimum atomic E-state index is -1.44. The molecule has 0 amide bonds. The molecule has 0 radical (unpaired) electrons. The van der Waals surface area contributed by atoms with Gasteiger partial charge in [0.05, 0.1) is 0 Å². The second-order valence-corrected chi connectivity index (χ2v) is 3.00. The number of nitrogens with one attached hydrogen (secondary N) is 1. The van der Waals surface area contributed by atoms with Crippen LogP contribution < -0.4 is 5.32 Å². The van der Waals surface area contributed by atoms with E-state index in [9.17, 15) is 8.78 Å². The quantitative estimate of drug-likeness (QED) is 0.516. The standard InChI is InChI=1S/C7H13F2N/c1-5-2-3-10-7(9)6(8)4-5/h5-7,10H,2-4H2,1H3. The summed E-state index contributed by atoms with van der Waals surface area (Å²) in [6.45, 7) is 2.55. The molecule has 0 spiro atoms. The van der Waals surface area contributed by atoms with E-state index in [1.54, 1.807) is 0 Å². The van der Waals surface area contributed by atoms with Crippen LogP contribution in [0.5, 0.6) is 0 Å². The number of rotatable bonds is 0. The summed E-state index contributed by atoms with van der Waals surface area (Å²) in [4.78, 5) is 0. The molecule has 1 nitrogen and oxygen atoms in total. The molecule has 60 valence electrons. The second-order valence-electron chi connectivity index (χ2n) is 3.00. The summed E-state index contributed by atoms with van der Waals surface area (Å²) in [6, 6.07) is 0. The minimum absolute atomic E-state index is 0.309. The molecule has 0 saturated carbocycles. The van der Waals surface area contributed by atoms with Crippen LogP contribution in [-0.2, 0) is 0 Å². The first-order chi connectivity index (χ1) is 4.70. The van der Waals surface area contributed by atoms with E-state index in [0.29, 0.717) is 18.9 Å². The van der Waals surface area contributed by atoms with Gasteiger partial charge in [-0.05, 0) is 25.3 Å². The van der Waals surface area contributed by atoms with Gasteiger partial charge in [-0.1, -0.05) is 6.92 Å². The van der Waals surface area contributed by atoms with Crippen molar-refractivity contribution in [2.24, 2.45) is 5.92 Å². The number of alkyl halides is 2. The lowest BCUT2D eigenvalue weighted by molar-refractivity contribution is 0.133. The fourth-order valence-corrected chi connectivity index (χ4v) is 1.22. The Morgan fingerprint density at radius 1 is 1.40 bits per heavy atom. The average Bonchev–Trinajstić information content (AvgIpc) is 1.96. The van der Waals surface area contributed by atoms with Crippen LogP contribution in [-0.4, -0.2) is 19.0 Å². The number of hydrogen-bond donors (Lipinski definition) is 1. The molecule has 3 atom stereocenters. The molecule has 0 bridgehead atoms. The van der Waals surface area contributed by atoms with Crippen molar-refractivity contribution >= 4 is 0 Å². The van der Waals surface area contributed by atoms with Crippen LogP contribution in [0.25, 0.3) is 0 Å². The van der Waals surface area contributed by atoms with Crippen LogP contribution in [0.4, 0.5) is 8.78 Å². The first-order valence-electron chi connectivity index (χ1n) is 3.71. The molecule has 1 N–H and O–H groups in total. The van der Waals surface area contributed by atoms with Crippen molar-refractivity contribution in [3.05, 3.63) is 0 Å². The highest BCUT2D eigenvalue weighted by molar-refractivity contribution is 4.74. The van der Waals surface area contributed by atoms with E-state index in [-0.39, 0.29) is 0 Å². The Balaban J connectivity index is 2.41.